The molecule has 0 spiro atoms. The fraction of sp³-hybridized carbons (Fsp3) is 0.0667. The number of halogens is 1. The molecular weight excluding hydrogens is 290 g/mol. The second-order valence-electron chi connectivity index (χ2n) is 4.68. The number of nitrogens with two attached hydrogens (primary N) is 1. The van der Waals surface area contributed by atoms with E-state index >= 15 is 0 Å². The molecule has 0 bridgehead atoms. The Morgan fingerprint density at radius 3 is 2.86 bits per heavy atom. The smallest absolute Gasteiger partial charge is 0.302 e. The van der Waals surface area contributed by atoms with Gasteiger partial charge in [-0.15, -0.1) is 0 Å². The maximum Gasteiger partial charge on any atom is 0.302 e. The van der Waals surface area contributed by atoms with Gasteiger partial charge in [-0.3, -0.25) is 9.78 Å². The lowest BCUT2D eigenvalue weighted by Crippen LogP contribution is -2.09. The number of ether oxygens (including phenoxy) is 1. The third kappa shape index (κ3) is 2.68. The van der Waals surface area contributed by atoms with Crippen LogP contribution < -0.4 is 16.0 Å². The minimum Gasteiger partial charge on any atom is -0.424 e. The first-order valence-electron chi connectivity index (χ1n) is 6.26. The van der Waals surface area contributed by atoms with Crippen LogP contribution in [0.2, 0.25) is 5.02 Å². The molecule has 1 heterocycles. The minimum absolute atomic E-state index is 0.0878. The van der Waals surface area contributed by atoms with Gasteiger partial charge in [0.1, 0.15) is 5.75 Å². The molecule has 6 heteroatoms. The van der Waals surface area contributed by atoms with E-state index in [2.05, 4.69) is 9.97 Å². The number of nitrogen functional groups attached to an aromatic ring is 1. The fourth-order valence-electron chi connectivity index (χ4n) is 1.98. The SMILES string of the molecule is Cc1ccc(Cl)c(Oc2nc3ccc(N)cc3c(=O)[nH]2)c1. The maximum atomic E-state index is 12.0. The van der Waals surface area contributed by atoms with Crippen molar-refractivity contribution in [2.24, 2.45) is 0 Å². The van der Waals surface area contributed by atoms with Crippen LogP contribution in [0.4, 0.5) is 5.69 Å². The summed E-state index contributed by atoms with van der Waals surface area (Å²) >= 11 is 6.06. The maximum absolute atomic E-state index is 12.0. The summed E-state index contributed by atoms with van der Waals surface area (Å²) in [5.41, 5.74) is 7.35. The summed E-state index contributed by atoms with van der Waals surface area (Å²) in [5, 5.41) is 0.860. The lowest BCUT2D eigenvalue weighted by atomic mass is 10.2. The third-order valence-corrected chi connectivity index (χ3v) is 3.31. The zero-order chi connectivity index (χ0) is 15.0. The molecule has 3 rings (SSSR count). The van der Waals surface area contributed by atoms with Crippen LogP contribution in [0.3, 0.4) is 0 Å². The number of hydrogen-bond donors (Lipinski definition) is 2. The Bertz CT molecular complexity index is 890. The van der Waals surface area contributed by atoms with Crippen LogP contribution >= 0.6 is 11.6 Å². The van der Waals surface area contributed by atoms with E-state index in [0.29, 0.717) is 27.4 Å². The van der Waals surface area contributed by atoms with Crippen LogP contribution in [-0.2, 0) is 0 Å². The van der Waals surface area contributed by atoms with Gasteiger partial charge in [0.15, 0.2) is 0 Å². The van der Waals surface area contributed by atoms with Crippen LogP contribution in [0.15, 0.2) is 41.2 Å². The van der Waals surface area contributed by atoms with Gasteiger partial charge >= 0.3 is 6.01 Å². The van der Waals surface area contributed by atoms with Gasteiger partial charge in [0.05, 0.1) is 15.9 Å². The number of hydrogen-bond acceptors (Lipinski definition) is 4. The third-order valence-electron chi connectivity index (χ3n) is 3.00. The summed E-state index contributed by atoms with van der Waals surface area (Å²) in [5.74, 6) is 0.439. The van der Waals surface area contributed by atoms with Gasteiger partial charge in [-0.05, 0) is 42.8 Å². The monoisotopic (exact) mass is 301 g/mol. The molecule has 0 aliphatic rings. The summed E-state index contributed by atoms with van der Waals surface area (Å²) in [6.45, 7) is 1.92. The normalized spacial score (nSPS) is 10.8. The van der Waals surface area contributed by atoms with Gasteiger partial charge < -0.3 is 10.5 Å². The molecule has 0 atom stereocenters. The molecule has 0 aliphatic heterocycles. The molecule has 0 saturated heterocycles. The average molecular weight is 302 g/mol. The molecule has 0 radical (unpaired) electrons. The lowest BCUT2D eigenvalue weighted by Gasteiger charge is -2.08. The molecule has 1 aromatic heterocycles. The van der Waals surface area contributed by atoms with Crippen LogP contribution in [0.5, 0.6) is 11.8 Å². The molecule has 2 aromatic carbocycles. The number of aromatic nitrogens is 2. The number of rotatable bonds is 2. The van der Waals surface area contributed by atoms with Gasteiger partial charge in [-0.25, -0.2) is 0 Å². The van der Waals surface area contributed by atoms with E-state index in [1.807, 2.05) is 13.0 Å². The summed E-state index contributed by atoms with van der Waals surface area (Å²) in [6.07, 6.45) is 0. The zero-order valence-corrected chi connectivity index (χ0v) is 11.9. The predicted octanol–water partition coefficient (Wildman–Crippen LogP) is 3.26. The lowest BCUT2D eigenvalue weighted by molar-refractivity contribution is 0.442. The summed E-state index contributed by atoms with van der Waals surface area (Å²) in [6, 6.07) is 10.4. The highest BCUT2D eigenvalue weighted by Gasteiger charge is 2.08. The number of fused-ring (bicyclic) bond motifs is 1. The number of anilines is 1. The summed E-state index contributed by atoms with van der Waals surface area (Å²) in [4.78, 5) is 18.9. The van der Waals surface area contributed by atoms with Gasteiger partial charge in [0, 0.05) is 5.69 Å². The molecule has 21 heavy (non-hydrogen) atoms. The van der Waals surface area contributed by atoms with Gasteiger partial charge in [-0.1, -0.05) is 17.7 Å². The topological polar surface area (TPSA) is 81.0 Å². The van der Waals surface area contributed by atoms with Gasteiger partial charge in [0.25, 0.3) is 5.56 Å². The number of nitrogens with one attached hydrogen (secondary N) is 1. The van der Waals surface area contributed by atoms with E-state index in [-0.39, 0.29) is 11.6 Å². The van der Waals surface area contributed by atoms with Crippen molar-refractivity contribution in [2.45, 2.75) is 6.92 Å². The van der Waals surface area contributed by atoms with Crippen LogP contribution in [0.25, 0.3) is 10.9 Å². The Morgan fingerprint density at radius 1 is 1.24 bits per heavy atom. The number of benzene rings is 2. The number of aryl methyl sites for hydroxylation is 1. The van der Waals surface area contributed by atoms with Crippen molar-refractivity contribution in [2.75, 3.05) is 5.73 Å². The Hall–Kier alpha value is -2.53. The average Bonchev–Trinajstić information content (AvgIpc) is 2.44. The van der Waals surface area contributed by atoms with E-state index < -0.39 is 0 Å². The van der Waals surface area contributed by atoms with E-state index in [1.165, 1.54) is 0 Å². The van der Waals surface area contributed by atoms with E-state index in [4.69, 9.17) is 22.1 Å². The molecule has 5 nitrogen and oxygen atoms in total. The molecule has 0 aliphatic carbocycles. The van der Waals surface area contributed by atoms with Gasteiger partial charge in [0.2, 0.25) is 0 Å². The van der Waals surface area contributed by atoms with Crippen molar-refractivity contribution in [3.63, 3.8) is 0 Å². The highest BCUT2D eigenvalue weighted by molar-refractivity contribution is 6.32. The number of aromatic amines is 1. The predicted molar refractivity (Wildman–Crippen MR) is 83.0 cm³/mol. The highest BCUT2D eigenvalue weighted by Crippen LogP contribution is 2.28. The Kier molecular flexibility index (Phi) is 3.27. The van der Waals surface area contributed by atoms with E-state index in [1.54, 1.807) is 30.3 Å². The van der Waals surface area contributed by atoms with E-state index in [9.17, 15) is 4.79 Å². The fourth-order valence-corrected chi connectivity index (χ4v) is 2.13. The van der Waals surface area contributed by atoms with Crippen LogP contribution in [0, 0.1) is 6.92 Å². The Morgan fingerprint density at radius 2 is 2.05 bits per heavy atom. The standard InChI is InChI=1S/C15H12ClN3O2/c1-8-2-4-11(16)13(6-8)21-15-18-12-5-3-9(17)7-10(12)14(20)19-15/h2-7H,17H2,1H3,(H,18,19,20). The van der Waals surface area contributed by atoms with Crippen molar-refractivity contribution < 1.29 is 4.74 Å². The first kappa shape index (κ1) is 13.5. The van der Waals surface area contributed by atoms with Crippen molar-refractivity contribution >= 4 is 28.2 Å². The van der Waals surface area contributed by atoms with Crippen molar-refractivity contribution in [3.05, 3.63) is 57.3 Å². The minimum atomic E-state index is -0.314. The summed E-state index contributed by atoms with van der Waals surface area (Å²) in [7, 11) is 0. The molecule has 0 amide bonds. The zero-order valence-electron chi connectivity index (χ0n) is 11.2. The van der Waals surface area contributed by atoms with Gasteiger partial charge in [-0.2, -0.15) is 4.98 Å². The largest absolute Gasteiger partial charge is 0.424 e. The molecule has 0 saturated carbocycles. The molecule has 0 fully saturated rings. The summed E-state index contributed by atoms with van der Waals surface area (Å²) < 4.78 is 5.58. The van der Waals surface area contributed by atoms with Crippen LogP contribution in [0.1, 0.15) is 5.56 Å². The number of H-pyrrole nitrogens is 1. The second-order valence-corrected chi connectivity index (χ2v) is 5.09. The Balaban J connectivity index is 2.07. The quantitative estimate of drug-likeness (QED) is 0.712. The molecule has 3 aromatic rings. The highest BCUT2D eigenvalue weighted by atomic mass is 35.5. The Labute approximate surface area is 125 Å². The van der Waals surface area contributed by atoms with E-state index in [0.717, 1.165) is 5.56 Å². The van der Waals surface area contributed by atoms with Crippen molar-refractivity contribution in [1.29, 1.82) is 0 Å². The van der Waals surface area contributed by atoms with Crippen molar-refractivity contribution in [3.8, 4) is 11.8 Å². The first-order chi connectivity index (χ1) is 10.0. The molecule has 3 N–H and O–H groups in total. The molecule has 0 unspecified atom stereocenters. The molecular formula is C15H12ClN3O2. The van der Waals surface area contributed by atoms with Crippen LogP contribution in [-0.4, -0.2) is 9.97 Å². The number of nitrogens with zero attached hydrogens (tertiary/aromatic N) is 1. The van der Waals surface area contributed by atoms with Crippen molar-refractivity contribution in [1.82, 2.24) is 9.97 Å². The second kappa shape index (κ2) is 5.10. The first-order valence-corrected chi connectivity index (χ1v) is 6.64. The molecule has 106 valence electrons.